The highest BCUT2D eigenvalue weighted by Crippen LogP contribution is 2.42. The maximum absolute atomic E-state index is 13.7. The average molecular weight is 543 g/mol. The molecule has 2 unspecified atom stereocenters. The van der Waals surface area contributed by atoms with E-state index in [9.17, 15) is 27.1 Å². The second-order valence-electron chi connectivity index (χ2n) is 10.1. The zero-order valence-corrected chi connectivity index (χ0v) is 22.2. The SMILES string of the molecule is C[C@@H](c1ccc(-c2ccc(F)cc2)cc1)N1CCC(CC(O)CNS(C)(=O)=O)(c2ccc(F)cc2)CC1=O. The number of benzene rings is 3. The summed E-state index contributed by atoms with van der Waals surface area (Å²) in [6, 6.07) is 19.8. The van der Waals surface area contributed by atoms with Gasteiger partial charge in [0.15, 0.2) is 0 Å². The first-order chi connectivity index (χ1) is 18.0. The minimum Gasteiger partial charge on any atom is -0.392 e. The minimum absolute atomic E-state index is 0.0982. The first-order valence-electron chi connectivity index (χ1n) is 12.5. The summed E-state index contributed by atoms with van der Waals surface area (Å²) in [4.78, 5) is 15.3. The van der Waals surface area contributed by atoms with Gasteiger partial charge in [-0.05, 0) is 66.3 Å². The van der Waals surface area contributed by atoms with E-state index in [1.165, 1.54) is 24.3 Å². The van der Waals surface area contributed by atoms with Crippen molar-refractivity contribution in [2.24, 2.45) is 0 Å². The molecule has 0 aromatic heterocycles. The lowest BCUT2D eigenvalue weighted by Crippen LogP contribution is -2.49. The number of piperidine rings is 1. The van der Waals surface area contributed by atoms with Crippen LogP contribution in [0.4, 0.5) is 8.78 Å². The predicted molar refractivity (Wildman–Crippen MR) is 143 cm³/mol. The van der Waals surface area contributed by atoms with Crippen molar-refractivity contribution in [3.8, 4) is 11.1 Å². The van der Waals surface area contributed by atoms with E-state index in [2.05, 4.69) is 4.72 Å². The Bertz CT molecular complexity index is 1360. The number of carbonyl (C=O) groups excluding carboxylic acids is 1. The lowest BCUT2D eigenvalue weighted by molar-refractivity contribution is -0.139. The fourth-order valence-electron chi connectivity index (χ4n) is 5.24. The number of aliphatic hydroxyl groups excluding tert-OH is 1. The van der Waals surface area contributed by atoms with E-state index in [1.807, 2.05) is 31.2 Å². The van der Waals surface area contributed by atoms with Gasteiger partial charge in [-0.2, -0.15) is 0 Å². The third-order valence-electron chi connectivity index (χ3n) is 7.34. The van der Waals surface area contributed by atoms with Gasteiger partial charge >= 0.3 is 0 Å². The first kappa shape index (κ1) is 27.9. The molecule has 1 aliphatic rings. The van der Waals surface area contributed by atoms with Gasteiger partial charge in [0.1, 0.15) is 11.6 Å². The summed E-state index contributed by atoms with van der Waals surface area (Å²) in [6.45, 7) is 2.21. The van der Waals surface area contributed by atoms with Crippen molar-refractivity contribution in [3.63, 3.8) is 0 Å². The molecule has 0 bridgehead atoms. The number of hydrogen-bond acceptors (Lipinski definition) is 4. The van der Waals surface area contributed by atoms with Crippen LogP contribution < -0.4 is 4.72 Å². The molecule has 2 N–H and O–H groups in total. The average Bonchev–Trinajstić information content (AvgIpc) is 2.88. The third-order valence-corrected chi connectivity index (χ3v) is 8.03. The van der Waals surface area contributed by atoms with Crippen LogP contribution >= 0.6 is 0 Å². The molecule has 6 nitrogen and oxygen atoms in total. The summed E-state index contributed by atoms with van der Waals surface area (Å²) in [7, 11) is -3.49. The molecule has 3 atom stereocenters. The van der Waals surface area contributed by atoms with Crippen molar-refractivity contribution < 1.29 is 27.1 Å². The molecule has 1 saturated heterocycles. The lowest BCUT2D eigenvalue weighted by atomic mass is 9.68. The second kappa shape index (κ2) is 11.3. The smallest absolute Gasteiger partial charge is 0.223 e. The molecule has 3 aromatic carbocycles. The van der Waals surface area contributed by atoms with Crippen molar-refractivity contribution in [2.45, 2.75) is 43.7 Å². The van der Waals surface area contributed by atoms with Gasteiger partial charge < -0.3 is 10.0 Å². The van der Waals surface area contributed by atoms with E-state index in [4.69, 9.17) is 0 Å². The van der Waals surface area contributed by atoms with Crippen LogP contribution in [0.15, 0.2) is 72.8 Å². The molecule has 202 valence electrons. The van der Waals surface area contributed by atoms with E-state index in [-0.39, 0.29) is 37.2 Å². The Kier molecular flexibility index (Phi) is 8.30. The van der Waals surface area contributed by atoms with E-state index >= 15 is 0 Å². The fraction of sp³-hybridized carbons (Fsp3) is 0.345. The summed E-state index contributed by atoms with van der Waals surface area (Å²) < 4.78 is 52.2. The minimum atomic E-state index is -3.49. The number of aliphatic hydroxyl groups is 1. The number of halogens is 2. The molecular formula is C29H32F2N2O4S. The maximum atomic E-state index is 13.7. The van der Waals surface area contributed by atoms with Crippen LogP contribution in [0.2, 0.25) is 0 Å². The zero-order valence-electron chi connectivity index (χ0n) is 21.4. The van der Waals surface area contributed by atoms with Crippen molar-refractivity contribution >= 4 is 15.9 Å². The standard InChI is InChI=1S/C29H32F2N2O4S/c1-20(21-3-5-22(6-4-21)23-7-11-25(30)12-8-23)33-16-15-29(18-28(33)35,24-9-13-26(31)14-10-24)17-27(34)19-32-38(2,36)37/h3-14,20,27,32,34H,15-19H2,1-2H3/t20-,27?,29?/m0/s1. The van der Waals surface area contributed by atoms with Crippen LogP contribution in [0, 0.1) is 11.6 Å². The van der Waals surface area contributed by atoms with Crippen molar-refractivity contribution in [2.75, 3.05) is 19.3 Å². The number of sulfonamides is 1. The van der Waals surface area contributed by atoms with Gasteiger partial charge in [0.05, 0.1) is 18.4 Å². The van der Waals surface area contributed by atoms with Crippen molar-refractivity contribution in [3.05, 3.63) is 95.6 Å². The van der Waals surface area contributed by atoms with Gasteiger partial charge in [0.25, 0.3) is 0 Å². The monoisotopic (exact) mass is 542 g/mol. The Labute approximate surface area is 222 Å². The number of nitrogens with zero attached hydrogens (tertiary/aromatic N) is 1. The maximum Gasteiger partial charge on any atom is 0.223 e. The van der Waals surface area contributed by atoms with E-state index in [0.29, 0.717) is 13.0 Å². The Balaban J connectivity index is 1.51. The Morgan fingerprint density at radius 1 is 0.947 bits per heavy atom. The molecule has 3 aromatic rings. The normalized spacial score (nSPS) is 19.8. The highest BCUT2D eigenvalue weighted by Gasteiger charge is 2.43. The molecular weight excluding hydrogens is 510 g/mol. The Hall–Kier alpha value is -3.14. The molecule has 4 rings (SSSR count). The number of hydrogen-bond donors (Lipinski definition) is 2. The Morgan fingerprint density at radius 2 is 1.47 bits per heavy atom. The van der Waals surface area contributed by atoms with Crippen LogP contribution in [-0.4, -0.2) is 49.8 Å². The van der Waals surface area contributed by atoms with Gasteiger partial charge in [-0.1, -0.05) is 48.5 Å². The fourth-order valence-corrected chi connectivity index (χ4v) is 5.73. The summed E-state index contributed by atoms with van der Waals surface area (Å²) >= 11 is 0. The predicted octanol–water partition coefficient (Wildman–Crippen LogP) is 4.55. The molecule has 0 spiro atoms. The van der Waals surface area contributed by atoms with Gasteiger partial charge in [-0.25, -0.2) is 21.9 Å². The molecule has 1 amide bonds. The molecule has 9 heteroatoms. The molecule has 38 heavy (non-hydrogen) atoms. The van der Waals surface area contributed by atoms with Gasteiger partial charge in [0, 0.05) is 24.9 Å². The van der Waals surface area contributed by atoms with E-state index in [1.54, 1.807) is 29.2 Å². The van der Waals surface area contributed by atoms with Crippen LogP contribution in [-0.2, 0) is 20.2 Å². The van der Waals surface area contributed by atoms with Crippen LogP contribution in [0.25, 0.3) is 11.1 Å². The van der Waals surface area contributed by atoms with Gasteiger partial charge in [-0.3, -0.25) is 4.79 Å². The van der Waals surface area contributed by atoms with E-state index < -0.39 is 27.4 Å². The largest absolute Gasteiger partial charge is 0.392 e. The van der Waals surface area contributed by atoms with Crippen molar-refractivity contribution in [1.82, 2.24) is 9.62 Å². The highest BCUT2D eigenvalue weighted by molar-refractivity contribution is 7.88. The molecule has 0 radical (unpaired) electrons. The molecule has 0 saturated carbocycles. The Morgan fingerprint density at radius 3 is 2.00 bits per heavy atom. The van der Waals surface area contributed by atoms with Crippen molar-refractivity contribution in [1.29, 1.82) is 0 Å². The third kappa shape index (κ3) is 6.64. The summed E-state index contributed by atoms with van der Waals surface area (Å²) in [6.07, 6.45) is 0.780. The first-order valence-corrected chi connectivity index (χ1v) is 14.4. The van der Waals surface area contributed by atoms with E-state index in [0.717, 1.165) is 28.5 Å². The van der Waals surface area contributed by atoms with Crippen LogP contribution in [0.5, 0.6) is 0 Å². The quantitative estimate of drug-likeness (QED) is 0.415. The van der Waals surface area contributed by atoms with Gasteiger partial charge in [-0.15, -0.1) is 0 Å². The summed E-state index contributed by atoms with van der Waals surface area (Å²) in [5, 5.41) is 10.7. The van der Waals surface area contributed by atoms with Crippen LogP contribution in [0.1, 0.15) is 43.4 Å². The highest BCUT2D eigenvalue weighted by atomic mass is 32.2. The lowest BCUT2D eigenvalue weighted by Gasteiger charge is -2.44. The number of amides is 1. The summed E-state index contributed by atoms with van der Waals surface area (Å²) in [5.74, 6) is -0.790. The molecule has 1 fully saturated rings. The topological polar surface area (TPSA) is 86.7 Å². The molecule has 0 aliphatic carbocycles. The number of rotatable bonds is 9. The van der Waals surface area contributed by atoms with Crippen LogP contribution in [0.3, 0.4) is 0 Å². The molecule has 1 aliphatic heterocycles. The molecule has 1 heterocycles. The number of likely N-dealkylation sites (tertiary alicyclic amines) is 1. The zero-order chi connectivity index (χ0) is 27.5. The van der Waals surface area contributed by atoms with Gasteiger partial charge in [0.2, 0.25) is 15.9 Å². The number of nitrogens with one attached hydrogen (secondary N) is 1. The summed E-state index contributed by atoms with van der Waals surface area (Å²) in [5.41, 5.74) is 2.77. The second-order valence-corrected chi connectivity index (χ2v) is 11.9. The number of carbonyl (C=O) groups is 1.